The fourth-order valence-corrected chi connectivity index (χ4v) is 3.07. The van der Waals surface area contributed by atoms with Crippen molar-refractivity contribution in [2.45, 2.75) is 20.8 Å². The van der Waals surface area contributed by atoms with Crippen molar-refractivity contribution in [3.63, 3.8) is 0 Å². The number of aromatic hydroxyl groups is 3. The zero-order valence-corrected chi connectivity index (χ0v) is 17.7. The summed E-state index contributed by atoms with van der Waals surface area (Å²) in [7, 11) is 0. The number of phenolic OH excluding ortho intramolecular Hbond substituents is 3. The fraction of sp³-hybridized carbons (Fsp3) is 0.120. The van der Waals surface area contributed by atoms with Crippen LogP contribution in [-0.2, 0) is 0 Å². The quantitative estimate of drug-likeness (QED) is 0.370. The molecule has 158 valence electrons. The van der Waals surface area contributed by atoms with Crippen LogP contribution in [0.5, 0.6) is 17.2 Å². The van der Waals surface area contributed by atoms with Crippen LogP contribution in [0.2, 0.25) is 0 Å². The SMILES string of the molecule is C=C(/N=C(\N=C(/N)c1cc(C)ccc1O)c1cc(C)ccc1O)c1cc(C)ccc1O. The van der Waals surface area contributed by atoms with E-state index in [4.69, 9.17) is 5.73 Å². The van der Waals surface area contributed by atoms with Gasteiger partial charge in [-0.1, -0.05) is 41.5 Å². The average Bonchev–Trinajstić information content (AvgIpc) is 2.72. The van der Waals surface area contributed by atoms with Crippen molar-refractivity contribution in [1.82, 2.24) is 0 Å². The summed E-state index contributed by atoms with van der Waals surface area (Å²) in [6.45, 7) is 9.61. The van der Waals surface area contributed by atoms with Gasteiger partial charge in [-0.2, -0.15) is 0 Å². The second kappa shape index (κ2) is 8.75. The molecule has 31 heavy (non-hydrogen) atoms. The van der Waals surface area contributed by atoms with Gasteiger partial charge in [-0.15, -0.1) is 0 Å². The van der Waals surface area contributed by atoms with Gasteiger partial charge in [0.25, 0.3) is 0 Å². The molecule has 0 spiro atoms. The summed E-state index contributed by atoms with van der Waals surface area (Å²) in [5, 5.41) is 30.9. The molecule has 0 aliphatic heterocycles. The summed E-state index contributed by atoms with van der Waals surface area (Å²) < 4.78 is 0. The summed E-state index contributed by atoms with van der Waals surface area (Å²) in [5.74, 6) is 0.110. The number of nitrogens with two attached hydrogens (primary N) is 1. The first-order valence-corrected chi connectivity index (χ1v) is 9.67. The Balaban J connectivity index is 2.19. The van der Waals surface area contributed by atoms with Crippen molar-refractivity contribution in [2.24, 2.45) is 15.7 Å². The van der Waals surface area contributed by atoms with E-state index in [2.05, 4.69) is 16.6 Å². The van der Waals surface area contributed by atoms with Crippen molar-refractivity contribution >= 4 is 17.4 Å². The van der Waals surface area contributed by atoms with E-state index in [-0.39, 0.29) is 34.6 Å². The number of hydrogen-bond acceptors (Lipinski definition) is 4. The van der Waals surface area contributed by atoms with Gasteiger partial charge in [-0.3, -0.25) is 0 Å². The monoisotopic (exact) mass is 415 g/mol. The van der Waals surface area contributed by atoms with E-state index in [1.54, 1.807) is 48.5 Å². The molecule has 6 heteroatoms. The van der Waals surface area contributed by atoms with Gasteiger partial charge in [-0.25, -0.2) is 9.98 Å². The maximum absolute atomic E-state index is 10.5. The number of hydrogen-bond donors (Lipinski definition) is 4. The molecule has 0 atom stereocenters. The largest absolute Gasteiger partial charge is 0.507 e. The van der Waals surface area contributed by atoms with E-state index in [1.165, 1.54) is 6.07 Å². The minimum absolute atomic E-state index is 0.0187. The molecule has 6 nitrogen and oxygen atoms in total. The highest BCUT2D eigenvalue weighted by Gasteiger charge is 2.14. The molecule has 0 fully saturated rings. The van der Waals surface area contributed by atoms with Crippen LogP contribution in [0.3, 0.4) is 0 Å². The Morgan fingerprint density at radius 3 is 1.65 bits per heavy atom. The number of aryl methyl sites for hydroxylation is 3. The Morgan fingerprint density at radius 1 is 0.677 bits per heavy atom. The minimum atomic E-state index is -0.0318. The van der Waals surface area contributed by atoms with Gasteiger partial charge in [0.15, 0.2) is 5.84 Å². The molecule has 3 rings (SSSR count). The van der Waals surface area contributed by atoms with Crippen LogP contribution in [-0.4, -0.2) is 27.0 Å². The van der Waals surface area contributed by atoms with Gasteiger partial charge < -0.3 is 21.1 Å². The van der Waals surface area contributed by atoms with Crippen LogP contribution in [0, 0.1) is 20.8 Å². The molecule has 5 N–H and O–H groups in total. The van der Waals surface area contributed by atoms with E-state index in [1.807, 2.05) is 20.8 Å². The third kappa shape index (κ3) is 4.93. The smallest absolute Gasteiger partial charge is 0.165 e. The zero-order chi connectivity index (χ0) is 22.7. The molecule has 0 bridgehead atoms. The van der Waals surface area contributed by atoms with Gasteiger partial charge in [0, 0.05) is 5.56 Å². The van der Waals surface area contributed by atoms with E-state index >= 15 is 0 Å². The lowest BCUT2D eigenvalue weighted by molar-refractivity contribution is 0.473. The standard InChI is InChI=1S/C25H25N3O3/c1-14-5-8-21(29)18(11-14)17(4)27-25(20-13-16(3)7-10-23(20)31)28-24(26)19-12-15(2)6-9-22(19)30/h5-13,29-31H,4H2,1-3H3,(H2,26,27,28). The molecule has 0 aliphatic carbocycles. The fourth-order valence-electron chi connectivity index (χ4n) is 3.07. The summed E-state index contributed by atoms with van der Waals surface area (Å²) in [4.78, 5) is 8.91. The molecule has 3 aromatic rings. The Hall–Kier alpha value is -4.06. The molecule has 0 heterocycles. The normalized spacial score (nSPS) is 12.1. The molecule has 0 saturated heterocycles. The number of amidine groups is 2. The number of benzene rings is 3. The van der Waals surface area contributed by atoms with Crippen LogP contribution in [0.1, 0.15) is 33.4 Å². The first kappa shape index (κ1) is 21.6. The summed E-state index contributed by atoms with van der Waals surface area (Å²) in [6, 6.07) is 15.1. The lowest BCUT2D eigenvalue weighted by Crippen LogP contribution is -2.17. The highest BCUT2D eigenvalue weighted by Crippen LogP contribution is 2.28. The highest BCUT2D eigenvalue weighted by molar-refractivity contribution is 6.14. The predicted octanol–water partition coefficient (Wildman–Crippen LogP) is 4.55. The third-order valence-corrected chi connectivity index (χ3v) is 4.75. The highest BCUT2D eigenvalue weighted by atomic mass is 16.3. The molecule has 0 radical (unpaired) electrons. The van der Waals surface area contributed by atoms with Crippen molar-refractivity contribution in [1.29, 1.82) is 0 Å². The second-order valence-corrected chi connectivity index (χ2v) is 7.44. The Morgan fingerprint density at radius 2 is 1.10 bits per heavy atom. The Kier molecular flexibility index (Phi) is 6.11. The minimum Gasteiger partial charge on any atom is -0.507 e. The molecular formula is C25H25N3O3. The van der Waals surface area contributed by atoms with Gasteiger partial charge in [0.1, 0.15) is 23.1 Å². The first-order valence-electron chi connectivity index (χ1n) is 9.67. The molecule has 3 aromatic carbocycles. The third-order valence-electron chi connectivity index (χ3n) is 4.75. The maximum atomic E-state index is 10.5. The second-order valence-electron chi connectivity index (χ2n) is 7.44. The number of phenols is 3. The predicted molar refractivity (Wildman–Crippen MR) is 125 cm³/mol. The van der Waals surface area contributed by atoms with Crippen LogP contribution in [0.15, 0.2) is 71.2 Å². The van der Waals surface area contributed by atoms with Gasteiger partial charge in [0.2, 0.25) is 0 Å². The molecule has 0 aliphatic rings. The van der Waals surface area contributed by atoms with Crippen LogP contribution >= 0.6 is 0 Å². The van der Waals surface area contributed by atoms with Crippen LogP contribution < -0.4 is 5.73 Å². The molecular weight excluding hydrogens is 390 g/mol. The lowest BCUT2D eigenvalue weighted by Gasteiger charge is -2.11. The summed E-state index contributed by atoms with van der Waals surface area (Å²) >= 11 is 0. The van der Waals surface area contributed by atoms with E-state index in [0.717, 1.165) is 16.7 Å². The molecule has 0 aromatic heterocycles. The van der Waals surface area contributed by atoms with Gasteiger partial charge in [-0.05, 0) is 57.2 Å². The summed E-state index contributed by atoms with van der Waals surface area (Å²) in [6.07, 6.45) is 0. The van der Waals surface area contributed by atoms with Crippen molar-refractivity contribution in [3.8, 4) is 17.2 Å². The number of aliphatic imine (C=N–C) groups is 2. The van der Waals surface area contributed by atoms with E-state index < -0.39 is 0 Å². The number of rotatable bonds is 4. The van der Waals surface area contributed by atoms with E-state index in [9.17, 15) is 15.3 Å². The van der Waals surface area contributed by atoms with Crippen molar-refractivity contribution in [2.75, 3.05) is 0 Å². The lowest BCUT2D eigenvalue weighted by atomic mass is 10.1. The van der Waals surface area contributed by atoms with Gasteiger partial charge in [0.05, 0.1) is 16.8 Å². The maximum Gasteiger partial charge on any atom is 0.165 e. The Labute approximate surface area is 181 Å². The van der Waals surface area contributed by atoms with Crippen LogP contribution in [0.25, 0.3) is 5.70 Å². The Bertz CT molecular complexity index is 1230. The molecule has 0 unspecified atom stereocenters. The van der Waals surface area contributed by atoms with Crippen molar-refractivity contribution in [3.05, 3.63) is 94.6 Å². The van der Waals surface area contributed by atoms with Crippen molar-refractivity contribution < 1.29 is 15.3 Å². The first-order chi connectivity index (χ1) is 14.7. The molecule has 0 saturated carbocycles. The average molecular weight is 415 g/mol. The molecule has 0 amide bonds. The number of nitrogens with zero attached hydrogens (tertiary/aromatic N) is 2. The zero-order valence-electron chi connectivity index (χ0n) is 17.7. The van der Waals surface area contributed by atoms with Gasteiger partial charge >= 0.3 is 0 Å². The van der Waals surface area contributed by atoms with E-state index in [0.29, 0.717) is 16.7 Å². The van der Waals surface area contributed by atoms with Crippen LogP contribution in [0.4, 0.5) is 0 Å². The topological polar surface area (TPSA) is 111 Å². The summed E-state index contributed by atoms with van der Waals surface area (Å²) in [5.41, 5.74) is 10.3.